The summed E-state index contributed by atoms with van der Waals surface area (Å²) in [7, 11) is 1.63. The van der Waals surface area contributed by atoms with Crippen molar-refractivity contribution in [3.63, 3.8) is 0 Å². The number of methoxy groups -OCH3 is 1. The average Bonchev–Trinajstić information content (AvgIpc) is 3.12. The van der Waals surface area contributed by atoms with E-state index in [1.165, 1.54) is 23.1 Å². The third-order valence-corrected chi connectivity index (χ3v) is 6.51. The predicted molar refractivity (Wildman–Crippen MR) is 125 cm³/mol. The van der Waals surface area contributed by atoms with Gasteiger partial charge in [0.2, 0.25) is 5.91 Å². The third-order valence-electron chi connectivity index (χ3n) is 4.33. The molecule has 0 bridgehead atoms. The molecule has 0 atom stereocenters. The molecule has 6 nitrogen and oxygen atoms in total. The lowest BCUT2D eigenvalue weighted by molar-refractivity contribution is -0.119. The van der Waals surface area contributed by atoms with Gasteiger partial charge >= 0.3 is 0 Å². The molecule has 0 radical (unpaired) electrons. The van der Waals surface area contributed by atoms with E-state index in [9.17, 15) is 9.59 Å². The zero-order chi connectivity index (χ0) is 21.7. The first kappa shape index (κ1) is 22.8. The summed E-state index contributed by atoms with van der Waals surface area (Å²) in [6.07, 6.45) is 0.668. The zero-order valence-corrected chi connectivity index (χ0v) is 19.5. The molecule has 9 heteroatoms. The standard InChI is InChI=1S/C21H24ClN3O3S2/c1-13(2)23-17(26)12-30-21-24-19-18(20(27)25(21)9-6-10-28-3)15(11-29-19)14-7-4-5-8-16(14)22/h4-5,7-8,11,13H,6,9-10,12H2,1-3H3,(H,23,26). The Morgan fingerprint density at radius 2 is 2.10 bits per heavy atom. The molecule has 0 unspecified atom stereocenters. The number of hydrogen-bond acceptors (Lipinski definition) is 6. The quantitative estimate of drug-likeness (QED) is 0.287. The molecule has 2 heterocycles. The predicted octanol–water partition coefficient (Wildman–Crippen LogP) is 4.43. The number of amides is 1. The van der Waals surface area contributed by atoms with Crippen LogP contribution in [0.4, 0.5) is 0 Å². The molecule has 3 aromatic rings. The first-order chi connectivity index (χ1) is 14.4. The van der Waals surface area contributed by atoms with E-state index < -0.39 is 0 Å². The minimum Gasteiger partial charge on any atom is -0.385 e. The van der Waals surface area contributed by atoms with Gasteiger partial charge < -0.3 is 10.1 Å². The Balaban J connectivity index is 2.04. The van der Waals surface area contributed by atoms with Crippen molar-refractivity contribution in [3.8, 4) is 11.1 Å². The first-order valence-electron chi connectivity index (χ1n) is 9.60. The lowest BCUT2D eigenvalue weighted by Crippen LogP contribution is -2.32. The van der Waals surface area contributed by atoms with Gasteiger partial charge in [-0.05, 0) is 26.3 Å². The maximum atomic E-state index is 13.5. The molecule has 0 spiro atoms. The second-order valence-corrected chi connectivity index (χ2v) is 9.23. The van der Waals surface area contributed by atoms with Crippen LogP contribution in [0.5, 0.6) is 0 Å². The van der Waals surface area contributed by atoms with Crippen molar-refractivity contribution in [1.29, 1.82) is 0 Å². The van der Waals surface area contributed by atoms with Gasteiger partial charge in [-0.3, -0.25) is 14.2 Å². The average molecular weight is 466 g/mol. The summed E-state index contributed by atoms with van der Waals surface area (Å²) >= 11 is 9.06. The number of thiophene rings is 1. The van der Waals surface area contributed by atoms with Crippen LogP contribution in [-0.4, -0.2) is 41.0 Å². The highest BCUT2D eigenvalue weighted by Gasteiger charge is 2.19. The molecule has 0 saturated heterocycles. The smallest absolute Gasteiger partial charge is 0.263 e. The SMILES string of the molecule is COCCCn1c(SCC(=O)NC(C)C)nc2scc(-c3ccccc3Cl)c2c1=O. The van der Waals surface area contributed by atoms with E-state index in [-0.39, 0.29) is 23.3 Å². The molecule has 0 fully saturated rings. The molecule has 0 aliphatic carbocycles. The van der Waals surface area contributed by atoms with E-state index in [0.29, 0.717) is 40.0 Å². The topological polar surface area (TPSA) is 73.2 Å². The molecular formula is C21H24ClN3O3S2. The number of carbonyl (C=O) groups excluding carboxylic acids is 1. The highest BCUT2D eigenvalue weighted by molar-refractivity contribution is 7.99. The molecule has 0 aliphatic rings. The summed E-state index contributed by atoms with van der Waals surface area (Å²) in [5.74, 6) is 0.110. The van der Waals surface area contributed by atoms with Gasteiger partial charge in [-0.15, -0.1) is 11.3 Å². The van der Waals surface area contributed by atoms with Crippen molar-refractivity contribution in [2.24, 2.45) is 0 Å². The number of benzene rings is 1. The fourth-order valence-electron chi connectivity index (χ4n) is 3.05. The van der Waals surface area contributed by atoms with Gasteiger partial charge in [0.15, 0.2) is 5.16 Å². The highest BCUT2D eigenvalue weighted by atomic mass is 35.5. The van der Waals surface area contributed by atoms with E-state index in [1.54, 1.807) is 11.7 Å². The molecular weight excluding hydrogens is 442 g/mol. The van der Waals surface area contributed by atoms with Crippen molar-refractivity contribution in [2.45, 2.75) is 38.0 Å². The minimum absolute atomic E-state index is 0.0629. The second-order valence-electron chi connectivity index (χ2n) is 7.02. The molecule has 0 saturated carbocycles. The Kier molecular flexibility index (Phi) is 7.93. The van der Waals surface area contributed by atoms with Crippen LogP contribution in [-0.2, 0) is 16.1 Å². The maximum Gasteiger partial charge on any atom is 0.263 e. The van der Waals surface area contributed by atoms with Crippen LogP contribution >= 0.6 is 34.7 Å². The van der Waals surface area contributed by atoms with Gasteiger partial charge in [-0.1, -0.05) is 41.6 Å². The fraction of sp³-hybridized carbons (Fsp3) is 0.381. The van der Waals surface area contributed by atoms with Crippen LogP contribution in [0, 0.1) is 0 Å². The number of nitrogens with zero attached hydrogens (tertiary/aromatic N) is 2. The lowest BCUT2D eigenvalue weighted by Gasteiger charge is -2.13. The number of hydrogen-bond donors (Lipinski definition) is 1. The number of aromatic nitrogens is 2. The Morgan fingerprint density at radius 3 is 2.80 bits per heavy atom. The number of halogens is 1. The molecule has 2 aromatic heterocycles. The van der Waals surface area contributed by atoms with Crippen LogP contribution < -0.4 is 10.9 Å². The van der Waals surface area contributed by atoms with Gasteiger partial charge in [-0.25, -0.2) is 4.98 Å². The van der Waals surface area contributed by atoms with Crippen LogP contribution in [0.3, 0.4) is 0 Å². The van der Waals surface area contributed by atoms with Crippen molar-refractivity contribution in [2.75, 3.05) is 19.5 Å². The summed E-state index contributed by atoms with van der Waals surface area (Å²) in [6.45, 7) is 4.82. The highest BCUT2D eigenvalue weighted by Crippen LogP contribution is 2.35. The van der Waals surface area contributed by atoms with Crippen molar-refractivity contribution < 1.29 is 9.53 Å². The normalized spacial score (nSPS) is 11.4. The Hall–Kier alpha value is -1.87. The van der Waals surface area contributed by atoms with Gasteiger partial charge in [0, 0.05) is 47.8 Å². The van der Waals surface area contributed by atoms with Crippen LogP contribution in [0.15, 0.2) is 39.6 Å². The van der Waals surface area contributed by atoms with E-state index in [0.717, 1.165) is 11.1 Å². The monoisotopic (exact) mass is 465 g/mol. The first-order valence-corrected chi connectivity index (χ1v) is 11.8. The summed E-state index contributed by atoms with van der Waals surface area (Å²) in [4.78, 5) is 30.9. The van der Waals surface area contributed by atoms with E-state index in [4.69, 9.17) is 21.3 Å². The molecule has 1 aromatic carbocycles. The molecule has 1 N–H and O–H groups in total. The van der Waals surface area contributed by atoms with Gasteiger partial charge in [0.1, 0.15) is 4.83 Å². The lowest BCUT2D eigenvalue weighted by atomic mass is 10.1. The Labute approximate surface area is 188 Å². The number of fused-ring (bicyclic) bond motifs is 1. The van der Waals surface area contributed by atoms with Gasteiger partial charge in [-0.2, -0.15) is 0 Å². The molecule has 0 aliphatic heterocycles. The van der Waals surface area contributed by atoms with Crippen LogP contribution in [0.1, 0.15) is 20.3 Å². The van der Waals surface area contributed by atoms with Gasteiger partial charge in [0.25, 0.3) is 5.56 Å². The molecule has 30 heavy (non-hydrogen) atoms. The largest absolute Gasteiger partial charge is 0.385 e. The maximum absolute atomic E-state index is 13.5. The molecule has 3 rings (SSSR count). The number of carbonyl (C=O) groups is 1. The summed E-state index contributed by atoms with van der Waals surface area (Å²) in [5, 5.41) is 6.46. The van der Waals surface area contributed by atoms with E-state index in [2.05, 4.69) is 5.32 Å². The summed E-state index contributed by atoms with van der Waals surface area (Å²) in [5.41, 5.74) is 1.47. The van der Waals surface area contributed by atoms with E-state index >= 15 is 0 Å². The molecule has 160 valence electrons. The zero-order valence-electron chi connectivity index (χ0n) is 17.1. The minimum atomic E-state index is -0.126. The van der Waals surface area contributed by atoms with Crippen LogP contribution in [0.2, 0.25) is 5.02 Å². The van der Waals surface area contributed by atoms with Gasteiger partial charge in [0.05, 0.1) is 11.1 Å². The Morgan fingerprint density at radius 1 is 1.33 bits per heavy atom. The Bertz CT molecular complexity index is 1090. The fourth-order valence-corrected chi connectivity index (χ4v) is 5.10. The third kappa shape index (κ3) is 5.24. The second kappa shape index (κ2) is 10.4. The van der Waals surface area contributed by atoms with Crippen molar-refractivity contribution >= 4 is 50.8 Å². The van der Waals surface area contributed by atoms with Crippen LogP contribution in [0.25, 0.3) is 21.3 Å². The van der Waals surface area contributed by atoms with Crippen molar-refractivity contribution in [3.05, 3.63) is 45.0 Å². The molecule has 1 amide bonds. The summed E-state index contributed by atoms with van der Waals surface area (Å²) < 4.78 is 6.79. The van der Waals surface area contributed by atoms with E-state index in [1.807, 2.05) is 43.5 Å². The number of thioether (sulfide) groups is 1. The number of nitrogens with one attached hydrogen (secondary N) is 1. The number of rotatable bonds is 9. The summed E-state index contributed by atoms with van der Waals surface area (Å²) in [6, 6.07) is 7.53. The number of ether oxygens (including phenoxy) is 1. The van der Waals surface area contributed by atoms with Crippen molar-refractivity contribution in [1.82, 2.24) is 14.9 Å².